The highest BCUT2D eigenvalue weighted by atomic mass is 16.3. The molecule has 0 aliphatic rings. The molecule has 2 heterocycles. The zero-order chi connectivity index (χ0) is 20.9. The van der Waals surface area contributed by atoms with Crippen LogP contribution in [-0.2, 0) is 13.0 Å². The van der Waals surface area contributed by atoms with Crippen LogP contribution in [0.3, 0.4) is 0 Å². The number of furan rings is 1. The van der Waals surface area contributed by atoms with E-state index in [2.05, 4.69) is 17.4 Å². The van der Waals surface area contributed by atoms with Crippen molar-refractivity contribution in [3.63, 3.8) is 0 Å². The lowest BCUT2D eigenvalue weighted by Crippen LogP contribution is -2.31. The minimum Gasteiger partial charge on any atom is -0.472 e. The molecule has 2 aromatic heterocycles. The number of nitrogens with one attached hydrogen (secondary N) is 1. The Labute approximate surface area is 175 Å². The van der Waals surface area contributed by atoms with E-state index in [1.54, 1.807) is 23.2 Å². The summed E-state index contributed by atoms with van der Waals surface area (Å²) in [5.74, 6) is -0.155. The number of aryl methyl sites for hydroxylation is 1. The van der Waals surface area contributed by atoms with Gasteiger partial charge >= 0.3 is 0 Å². The maximum atomic E-state index is 13.1. The highest BCUT2D eigenvalue weighted by Gasteiger charge is 2.19. The van der Waals surface area contributed by atoms with Crippen LogP contribution < -0.4 is 10.9 Å². The maximum Gasteiger partial charge on any atom is 0.258 e. The molecular formula is C25H24N2O3. The van der Waals surface area contributed by atoms with Gasteiger partial charge in [0, 0.05) is 28.6 Å². The van der Waals surface area contributed by atoms with E-state index in [0.717, 1.165) is 18.4 Å². The molecule has 0 fully saturated rings. The van der Waals surface area contributed by atoms with Gasteiger partial charge in [0.2, 0.25) is 0 Å². The summed E-state index contributed by atoms with van der Waals surface area (Å²) in [6.45, 7) is 2.76. The van der Waals surface area contributed by atoms with Gasteiger partial charge in [-0.05, 0) is 37.5 Å². The summed E-state index contributed by atoms with van der Waals surface area (Å²) in [6, 6.07) is 19.3. The summed E-state index contributed by atoms with van der Waals surface area (Å²) in [4.78, 5) is 26.2. The van der Waals surface area contributed by atoms with Crippen LogP contribution in [0, 0.1) is 6.92 Å². The predicted octanol–water partition coefficient (Wildman–Crippen LogP) is 4.31. The van der Waals surface area contributed by atoms with Gasteiger partial charge in [-0.2, -0.15) is 0 Å². The van der Waals surface area contributed by atoms with Gasteiger partial charge in [-0.25, -0.2) is 0 Å². The molecule has 0 aliphatic carbocycles. The summed E-state index contributed by atoms with van der Waals surface area (Å²) in [6.07, 6.45) is 4.95. The summed E-state index contributed by atoms with van der Waals surface area (Å²) >= 11 is 0. The molecule has 1 N–H and O–H groups in total. The Morgan fingerprint density at radius 3 is 2.43 bits per heavy atom. The Kier molecular flexibility index (Phi) is 5.80. The average Bonchev–Trinajstić information content (AvgIpc) is 3.28. The molecule has 2 aromatic carbocycles. The number of fused-ring (bicyclic) bond motifs is 1. The highest BCUT2D eigenvalue weighted by Crippen LogP contribution is 2.20. The number of hydrogen-bond donors (Lipinski definition) is 1. The first-order chi connectivity index (χ1) is 14.6. The van der Waals surface area contributed by atoms with Crippen molar-refractivity contribution in [2.75, 3.05) is 6.54 Å². The molecular weight excluding hydrogens is 376 g/mol. The number of hydrogen-bond acceptors (Lipinski definition) is 3. The van der Waals surface area contributed by atoms with Crippen LogP contribution in [0.2, 0.25) is 0 Å². The molecule has 0 spiro atoms. The topological polar surface area (TPSA) is 64.2 Å². The van der Waals surface area contributed by atoms with Crippen LogP contribution in [0.15, 0.2) is 82.4 Å². The van der Waals surface area contributed by atoms with Gasteiger partial charge in [0.25, 0.3) is 11.5 Å². The second kappa shape index (κ2) is 8.82. The van der Waals surface area contributed by atoms with E-state index in [1.165, 1.54) is 5.56 Å². The summed E-state index contributed by atoms with van der Waals surface area (Å²) < 4.78 is 6.78. The average molecular weight is 400 g/mol. The standard InChI is InChI=1S/C25H24N2O3/c1-18-23(24(28)26-14-7-10-19-8-3-2-4-9-19)21-11-5-6-12-22(21)25(29)27(18)16-20-13-15-30-17-20/h2-6,8-9,11-13,15,17H,7,10,14,16H2,1H3,(H,26,28). The Morgan fingerprint density at radius 1 is 0.967 bits per heavy atom. The second-order valence-corrected chi connectivity index (χ2v) is 7.37. The molecule has 1 amide bonds. The third-order valence-corrected chi connectivity index (χ3v) is 5.36. The number of aromatic nitrogens is 1. The first kappa shape index (κ1) is 19.7. The van der Waals surface area contributed by atoms with Crippen LogP contribution >= 0.6 is 0 Å². The molecule has 4 aromatic rings. The van der Waals surface area contributed by atoms with Crippen molar-refractivity contribution in [1.29, 1.82) is 0 Å². The third kappa shape index (κ3) is 4.06. The van der Waals surface area contributed by atoms with Gasteiger partial charge in [0.1, 0.15) is 0 Å². The maximum absolute atomic E-state index is 13.1. The van der Waals surface area contributed by atoms with Gasteiger partial charge in [0.05, 0.1) is 24.6 Å². The van der Waals surface area contributed by atoms with E-state index < -0.39 is 0 Å². The first-order valence-corrected chi connectivity index (χ1v) is 10.1. The molecule has 0 aliphatic heterocycles. The molecule has 0 bridgehead atoms. The van der Waals surface area contributed by atoms with Gasteiger partial charge < -0.3 is 14.3 Å². The SMILES string of the molecule is Cc1c(C(=O)NCCCc2ccccc2)c2ccccc2c(=O)n1Cc1ccoc1. The van der Waals surface area contributed by atoms with Crippen LogP contribution in [0.25, 0.3) is 10.8 Å². The van der Waals surface area contributed by atoms with Gasteiger partial charge in [-0.3, -0.25) is 9.59 Å². The van der Waals surface area contributed by atoms with E-state index in [1.807, 2.05) is 49.4 Å². The Bertz CT molecular complexity index is 1210. The molecule has 4 rings (SSSR count). The minimum atomic E-state index is -0.155. The van der Waals surface area contributed by atoms with Gasteiger partial charge in [-0.15, -0.1) is 0 Å². The third-order valence-electron chi connectivity index (χ3n) is 5.36. The number of amides is 1. The van der Waals surface area contributed by atoms with Crippen LogP contribution in [0.5, 0.6) is 0 Å². The zero-order valence-corrected chi connectivity index (χ0v) is 16.9. The van der Waals surface area contributed by atoms with Crippen molar-refractivity contribution in [2.24, 2.45) is 0 Å². The van der Waals surface area contributed by atoms with Gasteiger partial charge in [0.15, 0.2) is 0 Å². The number of nitrogens with zero attached hydrogens (tertiary/aromatic N) is 1. The monoisotopic (exact) mass is 400 g/mol. The zero-order valence-electron chi connectivity index (χ0n) is 16.9. The minimum absolute atomic E-state index is 0.107. The van der Waals surface area contributed by atoms with Gasteiger partial charge in [-0.1, -0.05) is 48.5 Å². The molecule has 30 heavy (non-hydrogen) atoms. The molecule has 0 atom stereocenters. The van der Waals surface area contributed by atoms with E-state index in [0.29, 0.717) is 35.1 Å². The molecule has 152 valence electrons. The van der Waals surface area contributed by atoms with E-state index in [-0.39, 0.29) is 11.5 Å². The fourth-order valence-corrected chi connectivity index (χ4v) is 3.78. The highest BCUT2D eigenvalue weighted by molar-refractivity contribution is 6.07. The number of pyridine rings is 1. The Hall–Kier alpha value is -3.60. The van der Waals surface area contributed by atoms with Crippen molar-refractivity contribution in [1.82, 2.24) is 9.88 Å². The van der Waals surface area contributed by atoms with Crippen molar-refractivity contribution < 1.29 is 9.21 Å². The van der Waals surface area contributed by atoms with Crippen LogP contribution in [-0.4, -0.2) is 17.0 Å². The predicted molar refractivity (Wildman–Crippen MR) is 118 cm³/mol. The van der Waals surface area contributed by atoms with Crippen LogP contribution in [0.1, 0.15) is 33.6 Å². The van der Waals surface area contributed by atoms with Crippen LogP contribution in [0.4, 0.5) is 0 Å². The van der Waals surface area contributed by atoms with E-state index in [4.69, 9.17) is 4.42 Å². The molecule has 5 heteroatoms. The number of carbonyl (C=O) groups is 1. The lowest BCUT2D eigenvalue weighted by molar-refractivity contribution is 0.0953. The second-order valence-electron chi connectivity index (χ2n) is 7.37. The summed E-state index contributed by atoms with van der Waals surface area (Å²) in [7, 11) is 0. The number of benzene rings is 2. The van der Waals surface area contributed by atoms with Crippen molar-refractivity contribution >= 4 is 16.7 Å². The molecule has 0 unspecified atom stereocenters. The smallest absolute Gasteiger partial charge is 0.258 e. The summed E-state index contributed by atoms with van der Waals surface area (Å²) in [5.41, 5.74) is 3.23. The molecule has 0 saturated heterocycles. The quantitative estimate of drug-likeness (QED) is 0.470. The van der Waals surface area contributed by atoms with Crippen molar-refractivity contribution in [2.45, 2.75) is 26.3 Å². The number of carbonyl (C=O) groups excluding carboxylic acids is 1. The first-order valence-electron chi connectivity index (χ1n) is 10.1. The molecule has 5 nitrogen and oxygen atoms in total. The fraction of sp³-hybridized carbons (Fsp3) is 0.200. The Balaban J connectivity index is 1.60. The van der Waals surface area contributed by atoms with E-state index >= 15 is 0 Å². The van der Waals surface area contributed by atoms with E-state index in [9.17, 15) is 9.59 Å². The lowest BCUT2D eigenvalue weighted by Gasteiger charge is -2.16. The Morgan fingerprint density at radius 2 is 1.70 bits per heavy atom. The largest absolute Gasteiger partial charge is 0.472 e. The fourth-order valence-electron chi connectivity index (χ4n) is 3.78. The normalized spacial score (nSPS) is 11.0. The molecule has 0 saturated carbocycles. The number of rotatable bonds is 7. The summed E-state index contributed by atoms with van der Waals surface area (Å²) in [5, 5.41) is 4.26. The van der Waals surface area contributed by atoms with Crippen molar-refractivity contribution in [3.05, 3.63) is 106 Å². The van der Waals surface area contributed by atoms with Crippen molar-refractivity contribution in [3.8, 4) is 0 Å². The molecule has 0 radical (unpaired) electrons. The lowest BCUT2D eigenvalue weighted by atomic mass is 10.0.